The van der Waals surface area contributed by atoms with Crippen molar-refractivity contribution in [2.75, 3.05) is 19.7 Å². The number of nitrogens with zero attached hydrogens (tertiary/aromatic N) is 1. The molecule has 1 amide bonds. The predicted molar refractivity (Wildman–Crippen MR) is 111 cm³/mol. The average molecular weight is 393 g/mol. The van der Waals surface area contributed by atoms with Gasteiger partial charge >= 0.3 is 5.97 Å². The Morgan fingerprint density at radius 1 is 1.03 bits per heavy atom. The Balaban J connectivity index is 1.87. The van der Waals surface area contributed by atoms with Crippen LogP contribution >= 0.6 is 0 Å². The van der Waals surface area contributed by atoms with E-state index in [9.17, 15) is 14.4 Å². The third-order valence-corrected chi connectivity index (χ3v) is 5.59. The molecule has 0 bridgehead atoms. The van der Waals surface area contributed by atoms with Crippen molar-refractivity contribution in [2.45, 2.75) is 33.1 Å². The Morgan fingerprint density at radius 2 is 1.72 bits per heavy atom. The van der Waals surface area contributed by atoms with Crippen LogP contribution in [0.25, 0.3) is 0 Å². The van der Waals surface area contributed by atoms with Gasteiger partial charge in [0.2, 0.25) is 5.78 Å². The summed E-state index contributed by atoms with van der Waals surface area (Å²) >= 11 is 0. The first-order valence-electron chi connectivity index (χ1n) is 10.1. The predicted octanol–water partition coefficient (Wildman–Crippen LogP) is 3.59. The summed E-state index contributed by atoms with van der Waals surface area (Å²) in [6.45, 7) is 4.73. The van der Waals surface area contributed by atoms with Gasteiger partial charge in [0.1, 0.15) is 0 Å². The standard InChI is InChI=1S/C24H27NO4/c1-3-29-23(28)24(16-20-13-8-7-10-18(20)2)14-9-15-25(17-24)22(27)21(26)19-11-5-4-6-12-19/h4-8,10-13H,3,9,14-17H2,1-2H3/t24-/m1/s1. The highest BCUT2D eigenvalue weighted by Crippen LogP contribution is 2.36. The van der Waals surface area contributed by atoms with Crippen molar-refractivity contribution in [3.05, 3.63) is 71.3 Å². The monoisotopic (exact) mass is 393 g/mol. The van der Waals surface area contributed by atoms with Gasteiger partial charge < -0.3 is 9.64 Å². The van der Waals surface area contributed by atoms with Gasteiger partial charge in [-0.3, -0.25) is 14.4 Å². The number of amides is 1. The molecule has 1 heterocycles. The number of ether oxygens (including phenoxy) is 1. The van der Waals surface area contributed by atoms with Gasteiger partial charge in [-0.1, -0.05) is 54.6 Å². The molecule has 0 unspecified atom stereocenters. The summed E-state index contributed by atoms with van der Waals surface area (Å²) in [5.74, 6) is -1.40. The Kier molecular flexibility index (Phi) is 6.47. The van der Waals surface area contributed by atoms with E-state index in [-0.39, 0.29) is 19.1 Å². The Bertz CT molecular complexity index is 893. The Morgan fingerprint density at radius 3 is 2.41 bits per heavy atom. The number of ketones is 1. The van der Waals surface area contributed by atoms with E-state index in [1.54, 1.807) is 37.3 Å². The number of esters is 1. The molecule has 0 spiro atoms. The van der Waals surface area contributed by atoms with Crippen LogP contribution in [0.4, 0.5) is 0 Å². The van der Waals surface area contributed by atoms with Gasteiger partial charge in [0.15, 0.2) is 0 Å². The zero-order valence-electron chi connectivity index (χ0n) is 17.0. The summed E-state index contributed by atoms with van der Waals surface area (Å²) in [6, 6.07) is 16.5. The Hall–Kier alpha value is -2.95. The summed E-state index contributed by atoms with van der Waals surface area (Å²) in [6.07, 6.45) is 1.77. The number of Topliss-reactive ketones (excluding diaryl/α,β-unsaturated/α-hetero) is 1. The molecule has 2 aromatic rings. The van der Waals surface area contributed by atoms with Crippen LogP contribution in [0.5, 0.6) is 0 Å². The number of rotatable bonds is 6. The van der Waals surface area contributed by atoms with E-state index in [1.165, 1.54) is 4.90 Å². The largest absolute Gasteiger partial charge is 0.466 e. The van der Waals surface area contributed by atoms with Crippen molar-refractivity contribution in [1.29, 1.82) is 0 Å². The molecule has 1 aliphatic rings. The van der Waals surface area contributed by atoms with Crippen LogP contribution in [0, 0.1) is 12.3 Å². The number of hydrogen-bond donors (Lipinski definition) is 0. The number of piperidine rings is 1. The zero-order valence-corrected chi connectivity index (χ0v) is 17.0. The molecule has 0 aromatic heterocycles. The second kappa shape index (κ2) is 9.03. The number of benzene rings is 2. The number of aryl methyl sites for hydroxylation is 1. The molecule has 29 heavy (non-hydrogen) atoms. The minimum absolute atomic E-state index is 0.192. The van der Waals surface area contributed by atoms with E-state index in [1.807, 2.05) is 31.2 Å². The lowest BCUT2D eigenvalue weighted by Crippen LogP contribution is -2.53. The quantitative estimate of drug-likeness (QED) is 0.427. The average Bonchev–Trinajstić information content (AvgIpc) is 2.75. The normalized spacial score (nSPS) is 18.9. The second-order valence-electron chi connectivity index (χ2n) is 7.63. The molecular weight excluding hydrogens is 366 g/mol. The number of likely N-dealkylation sites (tertiary alicyclic amines) is 1. The second-order valence-corrected chi connectivity index (χ2v) is 7.63. The molecule has 0 radical (unpaired) electrons. The minimum atomic E-state index is -0.840. The smallest absolute Gasteiger partial charge is 0.314 e. The number of carbonyl (C=O) groups is 3. The summed E-state index contributed by atoms with van der Waals surface area (Å²) < 4.78 is 5.41. The molecule has 152 valence electrons. The highest BCUT2D eigenvalue weighted by atomic mass is 16.5. The van der Waals surface area contributed by atoms with Gasteiger partial charge in [-0.15, -0.1) is 0 Å². The first kappa shape index (κ1) is 20.8. The first-order valence-corrected chi connectivity index (χ1v) is 10.1. The van der Waals surface area contributed by atoms with Crippen LogP contribution in [0.1, 0.15) is 41.3 Å². The molecule has 2 aromatic carbocycles. The molecule has 5 heteroatoms. The molecule has 1 fully saturated rings. The maximum atomic E-state index is 13.0. The van der Waals surface area contributed by atoms with E-state index in [2.05, 4.69) is 0 Å². The van der Waals surface area contributed by atoms with Gasteiger partial charge in [-0.05, 0) is 44.2 Å². The van der Waals surface area contributed by atoms with E-state index >= 15 is 0 Å². The number of carbonyl (C=O) groups excluding carboxylic acids is 3. The van der Waals surface area contributed by atoms with E-state index in [0.717, 1.165) is 11.1 Å². The van der Waals surface area contributed by atoms with Gasteiger partial charge in [0.25, 0.3) is 5.91 Å². The molecular formula is C24H27NO4. The van der Waals surface area contributed by atoms with Gasteiger partial charge in [-0.2, -0.15) is 0 Å². The van der Waals surface area contributed by atoms with E-state index < -0.39 is 17.1 Å². The van der Waals surface area contributed by atoms with Crippen molar-refractivity contribution < 1.29 is 19.1 Å². The first-order chi connectivity index (χ1) is 14.0. The summed E-state index contributed by atoms with van der Waals surface area (Å²) in [5, 5.41) is 0. The summed E-state index contributed by atoms with van der Waals surface area (Å²) in [5.41, 5.74) is 1.68. The molecule has 1 atom stereocenters. The van der Waals surface area contributed by atoms with Gasteiger partial charge in [0.05, 0.1) is 12.0 Å². The van der Waals surface area contributed by atoms with Crippen molar-refractivity contribution in [3.8, 4) is 0 Å². The lowest BCUT2D eigenvalue weighted by molar-refractivity contribution is -0.160. The molecule has 1 aliphatic heterocycles. The van der Waals surface area contributed by atoms with Crippen molar-refractivity contribution in [2.24, 2.45) is 5.41 Å². The fraction of sp³-hybridized carbons (Fsp3) is 0.375. The van der Waals surface area contributed by atoms with Crippen molar-refractivity contribution in [1.82, 2.24) is 4.90 Å². The lowest BCUT2D eigenvalue weighted by Gasteiger charge is -2.41. The summed E-state index contributed by atoms with van der Waals surface area (Å²) in [7, 11) is 0. The van der Waals surface area contributed by atoms with Crippen LogP contribution in [0.3, 0.4) is 0 Å². The van der Waals surface area contributed by atoms with Crippen LogP contribution in [0.15, 0.2) is 54.6 Å². The van der Waals surface area contributed by atoms with E-state index in [4.69, 9.17) is 4.74 Å². The molecule has 5 nitrogen and oxygen atoms in total. The summed E-state index contributed by atoms with van der Waals surface area (Å²) in [4.78, 5) is 40.1. The minimum Gasteiger partial charge on any atom is -0.466 e. The lowest BCUT2D eigenvalue weighted by atomic mass is 9.74. The SMILES string of the molecule is CCOC(=O)[C@@]1(Cc2ccccc2C)CCCN(C(=O)C(=O)c2ccccc2)C1. The number of hydrogen-bond acceptors (Lipinski definition) is 4. The van der Waals surface area contributed by atoms with Crippen molar-refractivity contribution >= 4 is 17.7 Å². The maximum absolute atomic E-state index is 13.0. The molecule has 0 saturated carbocycles. The highest BCUT2D eigenvalue weighted by molar-refractivity contribution is 6.42. The van der Waals surface area contributed by atoms with Gasteiger partial charge in [-0.25, -0.2) is 0 Å². The molecule has 3 rings (SSSR count). The van der Waals surface area contributed by atoms with Crippen LogP contribution < -0.4 is 0 Å². The maximum Gasteiger partial charge on any atom is 0.314 e. The molecule has 0 aliphatic carbocycles. The fourth-order valence-corrected chi connectivity index (χ4v) is 4.00. The Labute approximate surface area is 171 Å². The van der Waals surface area contributed by atoms with Crippen LogP contribution in [0.2, 0.25) is 0 Å². The third kappa shape index (κ3) is 4.56. The molecule has 0 N–H and O–H groups in total. The zero-order chi connectivity index (χ0) is 20.9. The fourth-order valence-electron chi connectivity index (χ4n) is 4.00. The van der Waals surface area contributed by atoms with Crippen molar-refractivity contribution in [3.63, 3.8) is 0 Å². The van der Waals surface area contributed by atoms with E-state index in [0.29, 0.717) is 31.4 Å². The molecule has 1 saturated heterocycles. The van der Waals surface area contributed by atoms with Crippen LogP contribution in [-0.2, 0) is 20.7 Å². The van der Waals surface area contributed by atoms with Gasteiger partial charge in [0, 0.05) is 18.7 Å². The third-order valence-electron chi connectivity index (χ3n) is 5.59. The topological polar surface area (TPSA) is 63.7 Å². The highest BCUT2D eigenvalue weighted by Gasteiger charge is 2.45. The van der Waals surface area contributed by atoms with Crippen LogP contribution in [-0.4, -0.2) is 42.3 Å².